The number of nitrogens with one attached hydrogen (secondary N) is 2. The molecule has 0 radical (unpaired) electrons. The van der Waals surface area contributed by atoms with Gasteiger partial charge in [-0.25, -0.2) is 0 Å². The minimum Gasteiger partial charge on any atom is -0.381 e. The highest BCUT2D eigenvalue weighted by molar-refractivity contribution is 6.01. The highest BCUT2D eigenvalue weighted by Crippen LogP contribution is 2.44. The summed E-state index contributed by atoms with van der Waals surface area (Å²) in [5, 5.41) is 10.5. The summed E-state index contributed by atoms with van der Waals surface area (Å²) in [6, 6.07) is 7.38. The Bertz CT molecular complexity index is 1140. The van der Waals surface area contributed by atoms with Crippen LogP contribution in [0.25, 0.3) is 6.08 Å². The van der Waals surface area contributed by atoms with E-state index in [0.29, 0.717) is 11.6 Å². The SMILES string of the molecule is CC1CCC(C(NC(=O)c2ccnn2C(C)C)C(=O)Nc2ccc3c(c2)C=CC32CCOCC2)CC1. The molecule has 2 heterocycles. The number of allylic oxidation sites excluding steroid dienone is 1. The van der Waals surface area contributed by atoms with Crippen molar-refractivity contribution in [2.75, 3.05) is 18.5 Å². The maximum absolute atomic E-state index is 13.6. The van der Waals surface area contributed by atoms with Crippen LogP contribution in [0, 0.1) is 11.8 Å². The van der Waals surface area contributed by atoms with Crippen molar-refractivity contribution in [1.82, 2.24) is 15.1 Å². The van der Waals surface area contributed by atoms with Gasteiger partial charge in [0.15, 0.2) is 0 Å². The largest absolute Gasteiger partial charge is 0.381 e. The van der Waals surface area contributed by atoms with E-state index in [-0.39, 0.29) is 29.2 Å². The molecule has 36 heavy (non-hydrogen) atoms. The van der Waals surface area contributed by atoms with E-state index < -0.39 is 6.04 Å². The number of amides is 2. The van der Waals surface area contributed by atoms with Crippen molar-refractivity contribution in [2.24, 2.45) is 11.8 Å². The van der Waals surface area contributed by atoms with Crippen molar-refractivity contribution in [3.8, 4) is 0 Å². The standard InChI is InChI=1S/C29H38N4O3/c1-19(2)33-25(11-15-30-33)27(34)32-26(21-6-4-20(3)5-7-21)28(35)31-23-8-9-24-22(18-23)10-12-29(24)13-16-36-17-14-29/h8-12,15,18-21,26H,4-7,13-14,16-17H2,1-3H3,(H,31,35)(H,32,34). The summed E-state index contributed by atoms with van der Waals surface area (Å²) in [4.78, 5) is 26.9. The molecule has 1 atom stereocenters. The average Bonchev–Trinajstić information content (AvgIpc) is 3.50. The van der Waals surface area contributed by atoms with Crippen LogP contribution in [0.15, 0.2) is 36.5 Å². The van der Waals surface area contributed by atoms with E-state index in [9.17, 15) is 9.59 Å². The number of rotatable bonds is 6. The molecule has 2 N–H and O–H groups in total. The van der Waals surface area contributed by atoms with Crippen LogP contribution in [0.3, 0.4) is 0 Å². The predicted octanol–water partition coefficient (Wildman–Crippen LogP) is 5.10. The Kier molecular flexibility index (Phi) is 7.02. The number of aromatic nitrogens is 2. The van der Waals surface area contributed by atoms with E-state index in [0.717, 1.165) is 63.0 Å². The monoisotopic (exact) mass is 490 g/mol. The number of carbonyl (C=O) groups is 2. The highest BCUT2D eigenvalue weighted by Gasteiger charge is 2.37. The minimum absolute atomic E-state index is 0.0574. The molecule has 2 aromatic rings. The van der Waals surface area contributed by atoms with Gasteiger partial charge >= 0.3 is 0 Å². The minimum atomic E-state index is -0.592. The normalized spacial score (nSPS) is 23.4. The van der Waals surface area contributed by atoms with Crippen molar-refractivity contribution in [3.63, 3.8) is 0 Å². The molecule has 2 aliphatic carbocycles. The summed E-state index contributed by atoms with van der Waals surface area (Å²) in [6.45, 7) is 7.79. The maximum Gasteiger partial charge on any atom is 0.270 e. The van der Waals surface area contributed by atoms with Gasteiger partial charge in [0.05, 0.1) is 0 Å². The van der Waals surface area contributed by atoms with Gasteiger partial charge in [0, 0.05) is 36.6 Å². The maximum atomic E-state index is 13.6. The van der Waals surface area contributed by atoms with Gasteiger partial charge in [-0.2, -0.15) is 5.10 Å². The summed E-state index contributed by atoms with van der Waals surface area (Å²) in [6.07, 6.45) is 12.1. The number of hydrogen-bond donors (Lipinski definition) is 2. The first-order valence-electron chi connectivity index (χ1n) is 13.4. The smallest absolute Gasteiger partial charge is 0.270 e. The summed E-state index contributed by atoms with van der Waals surface area (Å²) in [7, 11) is 0. The molecule has 7 heteroatoms. The quantitative estimate of drug-likeness (QED) is 0.590. The summed E-state index contributed by atoms with van der Waals surface area (Å²) < 4.78 is 7.29. The van der Waals surface area contributed by atoms with E-state index in [4.69, 9.17) is 4.74 Å². The van der Waals surface area contributed by atoms with Gasteiger partial charge in [-0.1, -0.05) is 38.0 Å². The molecule has 1 aromatic heterocycles. The lowest BCUT2D eigenvalue weighted by Gasteiger charge is -2.33. The number of benzene rings is 1. The molecule has 1 spiro atoms. The van der Waals surface area contributed by atoms with Crippen LogP contribution in [0.2, 0.25) is 0 Å². The Morgan fingerprint density at radius 3 is 2.58 bits per heavy atom. The Hall–Kier alpha value is -2.93. The van der Waals surface area contributed by atoms with Crippen LogP contribution in [0.1, 0.15) is 87.0 Å². The second-order valence-electron chi connectivity index (χ2n) is 11.1. The molecule has 0 bridgehead atoms. The van der Waals surface area contributed by atoms with Crippen molar-refractivity contribution in [1.29, 1.82) is 0 Å². The van der Waals surface area contributed by atoms with E-state index >= 15 is 0 Å². The summed E-state index contributed by atoms with van der Waals surface area (Å²) in [5.41, 5.74) is 3.78. The fourth-order valence-electron chi connectivity index (χ4n) is 6.10. The zero-order valence-corrected chi connectivity index (χ0v) is 21.6. The first kappa shape index (κ1) is 24.8. The van der Waals surface area contributed by atoms with E-state index in [2.05, 4.69) is 46.9 Å². The molecule has 1 saturated heterocycles. The molecule has 192 valence electrons. The van der Waals surface area contributed by atoms with Gasteiger partial charge < -0.3 is 15.4 Å². The molecular weight excluding hydrogens is 452 g/mol. The third-order valence-electron chi connectivity index (χ3n) is 8.32. The topological polar surface area (TPSA) is 85.2 Å². The lowest BCUT2D eigenvalue weighted by molar-refractivity contribution is -0.119. The fourth-order valence-corrected chi connectivity index (χ4v) is 6.10. The van der Waals surface area contributed by atoms with Gasteiger partial charge in [-0.3, -0.25) is 14.3 Å². The van der Waals surface area contributed by atoms with Crippen molar-refractivity contribution >= 4 is 23.6 Å². The van der Waals surface area contributed by atoms with Crippen molar-refractivity contribution < 1.29 is 14.3 Å². The fraction of sp³-hybridized carbons (Fsp3) is 0.552. The summed E-state index contributed by atoms with van der Waals surface area (Å²) >= 11 is 0. The zero-order valence-electron chi connectivity index (χ0n) is 21.6. The predicted molar refractivity (Wildman–Crippen MR) is 141 cm³/mol. The lowest BCUT2D eigenvalue weighted by Crippen LogP contribution is -2.49. The highest BCUT2D eigenvalue weighted by atomic mass is 16.5. The molecule has 7 nitrogen and oxygen atoms in total. The summed E-state index contributed by atoms with van der Waals surface area (Å²) in [5.74, 6) is 0.365. The number of ether oxygens (including phenoxy) is 1. The Morgan fingerprint density at radius 2 is 1.86 bits per heavy atom. The van der Waals surface area contributed by atoms with Gasteiger partial charge in [-0.05, 0) is 80.7 Å². The van der Waals surface area contributed by atoms with Gasteiger partial charge in [0.1, 0.15) is 11.7 Å². The Labute approximate surface area is 213 Å². The van der Waals surface area contributed by atoms with Crippen molar-refractivity contribution in [3.05, 3.63) is 53.4 Å². The van der Waals surface area contributed by atoms with Crippen LogP contribution in [0.5, 0.6) is 0 Å². The second-order valence-corrected chi connectivity index (χ2v) is 11.1. The van der Waals surface area contributed by atoms with Crippen LogP contribution in [0.4, 0.5) is 5.69 Å². The number of hydrogen-bond acceptors (Lipinski definition) is 4. The first-order valence-corrected chi connectivity index (χ1v) is 13.4. The van der Waals surface area contributed by atoms with Gasteiger partial charge in [0.2, 0.25) is 5.91 Å². The lowest BCUT2D eigenvalue weighted by atomic mass is 9.76. The molecular formula is C29H38N4O3. The molecule has 1 aromatic carbocycles. The van der Waals surface area contributed by atoms with Crippen LogP contribution < -0.4 is 10.6 Å². The number of fused-ring (bicyclic) bond motifs is 2. The third kappa shape index (κ3) is 4.85. The molecule has 2 amide bonds. The van der Waals surface area contributed by atoms with Crippen LogP contribution in [-0.4, -0.2) is 40.9 Å². The van der Waals surface area contributed by atoms with Gasteiger partial charge in [0.25, 0.3) is 5.91 Å². The number of nitrogens with zero attached hydrogens (tertiary/aromatic N) is 2. The second kappa shape index (κ2) is 10.2. The first-order chi connectivity index (χ1) is 17.4. The molecule has 1 saturated carbocycles. The van der Waals surface area contributed by atoms with E-state index in [1.807, 2.05) is 19.9 Å². The van der Waals surface area contributed by atoms with Crippen molar-refractivity contribution in [2.45, 2.75) is 76.8 Å². The molecule has 3 aliphatic rings. The number of anilines is 1. The van der Waals surface area contributed by atoms with Gasteiger partial charge in [-0.15, -0.1) is 0 Å². The van der Waals surface area contributed by atoms with Crippen LogP contribution >= 0.6 is 0 Å². The molecule has 1 aliphatic heterocycles. The zero-order chi connectivity index (χ0) is 25.3. The average molecular weight is 491 g/mol. The Morgan fingerprint density at radius 1 is 1.11 bits per heavy atom. The van der Waals surface area contributed by atoms with E-state index in [1.54, 1.807) is 16.9 Å². The number of carbonyl (C=O) groups excluding carboxylic acids is 2. The van der Waals surface area contributed by atoms with Crippen LogP contribution in [-0.2, 0) is 14.9 Å². The van der Waals surface area contributed by atoms with E-state index in [1.165, 1.54) is 5.56 Å². The third-order valence-corrected chi connectivity index (χ3v) is 8.32. The molecule has 1 unspecified atom stereocenters. The Balaban J connectivity index is 1.34. The molecule has 5 rings (SSSR count). The molecule has 2 fully saturated rings.